The molecule has 2 aliphatic carbocycles. The van der Waals surface area contributed by atoms with Crippen molar-refractivity contribution in [3.63, 3.8) is 0 Å². The summed E-state index contributed by atoms with van der Waals surface area (Å²) < 4.78 is 11.6. The van der Waals surface area contributed by atoms with Gasteiger partial charge in [0.05, 0.1) is 0 Å². The fraction of sp³-hybridized carbons (Fsp3) is 0.667. The van der Waals surface area contributed by atoms with Gasteiger partial charge in [0, 0.05) is 0 Å². The van der Waals surface area contributed by atoms with E-state index in [-0.39, 0.29) is 41.8 Å². The van der Waals surface area contributed by atoms with Crippen molar-refractivity contribution < 1.29 is 38.7 Å². The van der Waals surface area contributed by atoms with Crippen molar-refractivity contribution in [3.8, 4) is 0 Å². The maximum atomic E-state index is 7.27. The number of aryl methyl sites for hydroxylation is 4. The molecule has 4 rings (SSSR count). The zero-order valence-corrected chi connectivity index (χ0v) is 29.7. The van der Waals surface area contributed by atoms with Gasteiger partial charge in [-0.25, -0.2) is 0 Å². The molecule has 234 valence electrons. The number of nitrogens with zero attached hydrogens (tertiary/aromatic N) is 4. The van der Waals surface area contributed by atoms with E-state index in [4.69, 9.17) is 11.5 Å². The van der Waals surface area contributed by atoms with Gasteiger partial charge in [0.15, 0.2) is 0 Å². The van der Waals surface area contributed by atoms with Crippen LogP contribution in [0.2, 0.25) is 0 Å². The molecule has 0 spiro atoms. The first kappa shape index (κ1) is 42.2. The van der Waals surface area contributed by atoms with Gasteiger partial charge in [-0.15, -0.1) is 12.1 Å². The second-order valence-corrected chi connectivity index (χ2v) is 11.8. The van der Waals surface area contributed by atoms with E-state index in [0.29, 0.717) is 0 Å². The zero-order valence-electron chi connectivity index (χ0n) is 25.2. The van der Waals surface area contributed by atoms with Gasteiger partial charge in [0.25, 0.3) is 0 Å². The first-order valence-electron chi connectivity index (χ1n) is 13.1. The fourth-order valence-electron chi connectivity index (χ4n) is 4.44. The second-order valence-electron chi connectivity index (χ2n) is 9.77. The smallest absolute Gasteiger partial charge is 0.0534 e. The Morgan fingerprint density at radius 3 is 1.11 bits per heavy atom. The second kappa shape index (κ2) is 24.5. The van der Waals surface area contributed by atoms with Gasteiger partial charge in [0.1, 0.15) is 0 Å². The molecule has 2 fully saturated rings. The van der Waals surface area contributed by atoms with E-state index in [1.165, 1.54) is 71.8 Å². The van der Waals surface area contributed by atoms with E-state index in [0.717, 1.165) is 38.8 Å². The van der Waals surface area contributed by atoms with Gasteiger partial charge < -0.3 is 41.2 Å². The molecule has 2 saturated carbocycles. The SMILES string of the molecule is Cn1ccn(CCCCCCn2ccn(C)[c]2=[Pt])[c]1=[Pt].[CH3-].[CH3-].[CH3-].[CH3-].[NH-]C1CCCCC1.[NH-]C1CCCCC1. The van der Waals surface area contributed by atoms with E-state index in [1.807, 2.05) is 0 Å². The molecule has 6 nitrogen and oxygen atoms in total. The van der Waals surface area contributed by atoms with Gasteiger partial charge in [0.2, 0.25) is 0 Å². The van der Waals surface area contributed by atoms with E-state index < -0.39 is 0 Å². The number of hydrogen-bond acceptors (Lipinski definition) is 0. The van der Waals surface area contributed by atoms with Crippen molar-refractivity contribution in [3.05, 3.63) is 73.6 Å². The maximum Gasteiger partial charge on any atom is -0.0534 e. The molecule has 0 aliphatic heterocycles. The van der Waals surface area contributed by atoms with E-state index in [1.54, 1.807) is 0 Å². The Kier molecular flexibility index (Phi) is 27.2. The first-order chi connectivity index (χ1) is 16.4. The van der Waals surface area contributed by atoms with E-state index in [2.05, 4.69) is 95.9 Å². The molecule has 0 saturated heterocycles. The molecule has 2 aromatic heterocycles. The van der Waals surface area contributed by atoms with Gasteiger partial charge in [-0.05, 0) is 0 Å². The van der Waals surface area contributed by atoms with Crippen LogP contribution in [0, 0.1) is 37.3 Å². The van der Waals surface area contributed by atoms with Crippen LogP contribution in [0.4, 0.5) is 0 Å². The van der Waals surface area contributed by atoms with E-state index >= 15 is 0 Å². The minimum Gasteiger partial charge on any atom is -0.675 e. The maximum absolute atomic E-state index is 7.27. The molecular weight excluding hydrogens is 835 g/mol. The molecule has 2 aliphatic rings. The number of unbranched alkanes of at least 4 members (excludes halogenated alkanes) is 3. The molecule has 8 heteroatoms. The van der Waals surface area contributed by atoms with Crippen LogP contribution < -0.4 is 0 Å². The summed E-state index contributed by atoms with van der Waals surface area (Å²) in [5.41, 5.74) is 14.5. The van der Waals surface area contributed by atoms with Crippen LogP contribution in [0.15, 0.2) is 24.8 Å². The quantitative estimate of drug-likeness (QED) is 0.197. The molecule has 0 unspecified atom stereocenters. The molecule has 2 heterocycles. The fourth-order valence-corrected chi connectivity index (χ4v) is 5.62. The number of rotatable bonds is 7. The van der Waals surface area contributed by atoms with Crippen molar-refractivity contribution in [2.24, 2.45) is 14.1 Å². The molecule has 38 heavy (non-hydrogen) atoms. The summed E-state index contributed by atoms with van der Waals surface area (Å²) in [6.45, 7) is 2.27. The number of hydrogen-bond donors (Lipinski definition) is 0. The third-order valence-corrected chi connectivity index (χ3v) is 9.58. The van der Waals surface area contributed by atoms with Crippen LogP contribution in [0.5, 0.6) is 0 Å². The monoisotopic (exact) mass is 892 g/mol. The molecule has 2 N–H and O–H groups in total. The Morgan fingerprint density at radius 2 is 0.895 bits per heavy atom. The average Bonchev–Trinajstić information content (AvgIpc) is 3.33. The summed E-state index contributed by atoms with van der Waals surface area (Å²) in [7, 11) is 4.19. The number of imidazole rings is 2. The van der Waals surface area contributed by atoms with Gasteiger partial charge in [-0.1, -0.05) is 64.2 Å². The summed E-state index contributed by atoms with van der Waals surface area (Å²) in [4.78, 5) is 0. The Morgan fingerprint density at radius 1 is 0.579 bits per heavy atom. The van der Waals surface area contributed by atoms with Crippen LogP contribution in [0.1, 0.15) is 89.9 Å². The molecule has 0 radical (unpaired) electrons. The minimum atomic E-state index is 0. The largest absolute Gasteiger partial charge is 0.675 e. The van der Waals surface area contributed by atoms with E-state index in [9.17, 15) is 0 Å². The topological polar surface area (TPSA) is 67.3 Å². The molecule has 2 aromatic rings. The molecular formula is C30H58N6Pt2-6. The van der Waals surface area contributed by atoms with Crippen LogP contribution in [-0.4, -0.2) is 30.4 Å². The summed E-state index contributed by atoms with van der Waals surface area (Å²) in [5, 5.41) is 0. The Balaban J connectivity index is -0.000000566. The van der Waals surface area contributed by atoms with Crippen LogP contribution in [-0.2, 0) is 65.9 Å². The third-order valence-electron chi connectivity index (χ3n) is 6.68. The van der Waals surface area contributed by atoms with Gasteiger partial charge in [-0.3, -0.25) is 0 Å². The first-order valence-corrected chi connectivity index (χ1v) is 15.4. The summed E-state index contributed by atoms with van der Waals surface area (Å²) in [5.74, 6) is 0. The van der Waals surface area contributed by atoms with Crippen molar-refractivity contribution in [1.29, 1.82) is 0 Å². The van der Waals surface area contributed by atoms with Crippen molar-refractivity contribution in [2.45, 2.75) is 115 Å². The predicted molar refractivity (Wildman–Crippen MR) is 160 cm³/mol. The normalized spacial score (nSPS) is 15.3. The van der Waals surface area contributed by atoms with Crippen LogP contribution >= 0.6 is 0 Å². The van der Waals surface area contributed by atoms with Crippen LogP contribution in [0.3, 0.4) is 0 Å². The molecule has 0 amide bonds. The van der Waals surface area contributed by atoms with Crippen LogP contribution in [0.25, 0.3) is 11.5 Å². The zero-order chi connectivity index (χ0) is 24.8. The van der Waals surface area contributed by atoms with Crippen molar-refractivity contribution >= 4 is 0 Å². The summed E-state index contributed by atoms with van der Waals surface area (Å²) in [6.07, 6.45) is 26.3. The number of aromatic nitrogens is 4. The van der Waals surface area contributed by atoms with Gasteiger partial charge >= 0.3 is 142 Å². The average molecular weight is 893 g/mol. The van der Waals surface area contributed by atoms with Crippen molar-refractivity contribution in [2.75, 3.05) is 0 Å². The Labute approximate surface area is 258 Å². The van der Waals surface area contributed by atoms with Crippen molar-refractivity contribution in [1.82, 2.24) is 18.3 Å². The third kappa shape index (κ3) is 16.7. The molecule has 0 aromatic carbocycles. The molecule has 0 bridgehead atoms. The minimum absolute atomic E-state index is 0. The Hall–Kier alpha value is -0.283. The summed E-state index contributed by atoms with van der Waals surface area (Å²) in [6, 6.07) is 0.572. The molecule has 0 atom stereocenters. The number of nitrogens with one attached hydrogen (secondary N) is 2. The predicted octanol–water partition coefficient (Wildman–Crippen LogP) is 8.93. The summed E-state index contributed by atoms with van der Waals surface area (Å²) >= 11 is 4.77. The standard InChI is InChI=1S/C14H22N4.2C6H12N.4CH3.2Pt/c1-15-9-11-17(13-15)7-5-3-4-6-8-18-12-10-16(2)14-18;2*7-6-4-2-1-3-5-6;;;;;;/h9-12H,3-8H2,1-2H3;2*6-7H,1-5H2;4*1H3;;/q;6*-1;;. The Bertz CT molecular complexity index is 824. The van der Waals surface area contributed by atoms with Gasteiger partial charge in [-0.2, -0.15) is 0 Å².